The highest BCUT2D eigenvalue weighted by Crippen LogP contribution is 2.33. The molecule has 2 aromatic rings. The van der Waals surface area contributed by atoms with Crippen LogP contribution < -0.4 is 5.32 Å². The Morgan fingerprint density at radius 3 is 2.75 bits per heavy atom. The van der Waals surface area contributed by atoms with E-state index in [9.17, 15) is 4.79 Å². The van der Waals surface area contributed by atoms with Crippen molar-refractivity contribution in [3.8, 4) is 0 Å². The van der Waals surface area contributed by atoms with Crippen LogP contribution in [0.2, 0.25) is 10.0 Å². The second-order valence-corrected chi connectivity index (χ2v) is 5.61. The van der Waals surface area contributed by atoms with Crippen LogP contribution in [0, 0.1) is 0 Å². The third-order valence-electron chi connectivity index (χ3n) is 2.56. The molecule has 106 valence electrons. The van der Waals surface area contributed by atoms with E-state index < -0.39 is 0 Å². The van der Waals surface area contributed by atoms with Gasteiger partial charge in [0, 0.05) is 11.8 Å². The van der Waals surface area contributed by atoms with Gasteiger partial charge in [0.25, 0.3) is 0 Å². The number of esters is 1. The number of hydrogen-bond acceptors (Lipinski definition) is 5. The fraction of sp³-hybridized carbons (Fsp3) is 0.231. The molecule has 7 heteroatoms. The van der Waals surface area contributed by atoms with E-state index in [-0.39, 0.29) is 5.97 Å². The van der Waals surface area contributed by atoms with Gasteiger partial charge in [0.2, 0.25) is 0 Å². The zero-order valence-corrected chi connectivity index (χ0v) is 13.0. The Morgan fingerprint density at radius 2 is 2.10 bits per heavy atom. The summed E-state index contributed by atoms with van der Waals surface area (Å²) in [5, 5.41) is 6.72. The summed E-state index contributed by atoms with van der Waals surface area (Å²) in [6.07, 6.45) is 0.855. The van der Waals surface area contributed by atoms with E-state index >= 15 is 0 Å². The normalized spacial score (nSPS) is 10.3. The monoisotopic (exact) mass is 330 g/mol. The van der Waals surface area contributed by atoms with Gasteiger partial charge in [0.05, 0.1) is 35.0 Å². The van der Waals surface area contributed by atoms with Crippen molar-refractivity contribution in [3.05, 3.63) is 39.3 Å². The molecule has 2 rings (SSSR count). The van der Waals surface area contributed by atoms with Crippen molar-refractivity contribution in [3.63, 3.8) is 0 Å². The number of hydrogen-bond donors (Lipinski definition) is 1. The van der Waals surface area contributed by atoms with Gasteiger partial charge in [-0.25, -0.2) is 4.98 Å². The van der Waals surface area contributed by atoms with Crippen LogP contribution in [0.1, 0.15) is 12.1 Å². The lowest BCUT2D eigenvalue weighted by Gasteiger charge is -2.06. The van der Waals surface area contributed by atoms with Gasteiger partial charge in [-0.2, -0.15) is 0 Å². The molecule has 0 fully saturated rings. The molecule has 0 aliphatic rings. The third kappa shape index (κ3) is 3.85. The highest BCUT2D eigenvalue weighted by Gasteiger charge is 2.09. The summed E-state index contributed by atoms with van der Waals surface area (Å²) in [4.78, 5) is 15.5. The molecule has 0 radical (unpaired) electrons. The van der Waals surface area contributed by atoms with Gasteiger partial charge in [0.1, 0.15) is 0 Å². The number of rotatable bonds is 5. The molecule has 1 heterocycles. The van der Waals surface area contributed by atoms with Crippen LogP contribution in [-0.2, 0) is 16.0 Å². The first-order chi connectivity index (χ1) is 9.60. The zero-order valence-electron chi connectivity index (χ0n) is 10.7. The van der Waals surface area contributed by atoms with E-state index in [0.29, 0.717) is 33.7 Å². The molecule has 0 atom stereocenters. The van der Waals surface area contributed by atoms with E-state index in [1.807, 2.05) is 5.38 Å². The van der Waals surface area contributed by atoms with Crippen molar-refractivity contribution in [2.24, 2.45) is 0 Å². The zero-order chi connectivity index (χ0) is 14.5. The summed E-state index contributed by atoms with van der Waals surface area (Å²) in [6, 6.07) is 5.28. The van der Waals surface area contributed by atoms with Gasteiger partial charge < -0.3 is 10.1 Å². The number of methoxy groups -OCH3 is 1. The molecule has 4 nitrogen and oxygen atoms in total. The minimum absolute atomic E-state index is 0.248. The predicted molar refractivity (Wildman–Crippen MR) is 82.2 cm³/mol. The topological polar surface area (TPSA) is 51.2 Å². The van der Waals surface area contributed by atoms with E-state index in [1.54, 1.807) is 18.2 Å². The van der Waals surface area contributed by atoms with E-state index in [2.05, 4.69) is 15.0 Å². The molecule has 0 aliphatic carbocycles. The number of ether oxygens (including phenoxy) is 1. The van der Waals surface area contributed by atoms with Crippen molar-refractivity contribution in [1.29, 1.82) is 0 Å². The lowest BCUT2D eigenvalue weighted by molar-refractivity contribution is -0.140. The van der Waals surface area contributed by atoms with E-state index in [0.717, 1.165) is 5.69 Å². The first-order valence-electron chi connectivity index (χ1n) is 5.82. The lowest BCUT2D eigenvalue weighted by Crippen LogP contribution is -2.02. The fourth-order valence-corrected chi connectivity index (χ4v) is 2.78. The summed E-state index contributed by atoms with van der Waals surface area (Å²) >= 11 is 13.6. The highest BCUT2D eigenvalue weighted by atomic mass is 35.5. The summed E-state index contributed by atoms with van der Waals surface area (Å²) in [5.74, 6) is -0.248. The maximum absolute atomic E-state index is 11.1. The molecular formula is C13H12Cl2N2O2S. The number of aryl methyl sites for hydroxylation is 1. The average Bonchev–Trinajstić information content (AvgIpc) is 2.88. The predicted octanol–water partition coefficient (Wildman–Crippen LogP) is 4.30. The van der Waals surface area contributed by atoms with Crippen LogP contribution in [0.5, 0.6) is 0 Å². The van der Waals surface area contributed by atoms with Crippen molar-refractivity contribution in [2.75, 3.05) is 12.4 Å². The number of halogens is 2. The van der Waals surface area contributed by atoms with Crippen molar-refractivity contribution in [1.82, 2.24) is 4.98 Å². The number of carbonyl (C=O) groups is 1. The van der Waals surface area contributed by atoms with Crippen molar-refractivity contribution >= 4 is 51.3 Å². The number of thiazole rings is 1. The number of nitrogens with zero attached hydrogens (tertiary/aromatic N) is 1. The van der Waals surface area contributed by atoms with Crippen molar-refractivity contribution in [2.45, 2.75) is 12.8 Å². The fourth-order valence-electron chi connectivity index (χ4n) is 1.54. The third-order valence-corrected chi connectivity index (χ3v) is 4.00. The quantitative estimate of drug-likeness (QED) is 0.830. The molecule has 0 unspecified atom stereocenters. The number of nitrogens with one attached hydrogen (secondary N) is 1. The van der Waals surface area contributed by atoms with Crippen LogP contribution >= 0.6 is 34.5 Å². The molecule has 1 aromatic carbocycles. The van der Waals surface area contributed by atoms with Gasteiger partial charge >= 0.3 is 5.97 Å². The smallest absolute Gasteiger partial charge is 0.305 e. The molecule has 0 bridgehead atoms. The Balaban J connectivity index is 2.04. The van der Waals surface area contributed by atoms with E-state index in [4.69, 9.17) is 23.2 Å². The molecule has 0 saturated heterocycles. The first-order valence-corrected chi connectivity index (χ1v) is 7.46. The van der Waals surface area contributed by atoms with E-state index in [1.165, 1.54) is 18.4 Å². The molecule has 1 aromatic heterocycles. The highest BCUT2D eigenvalue weighted by molar-refractivity contribution is 7.13. The molecule has 0 saturated carbocycles. The van der Waals surface area contributed by atoms with Gasteiger partial charge in [-0.1, -0.05) is 29.3 Å². The Labute approximate surface area is 130 Å². The number of carbonyl (C=O) groups excluding carboxylic acids is 1. The van der Waals surface area contributed by atoms with Gasteiger partial charge in [0.15, 0.2) is 5.13 Å². The summed E-state index contributed by atoms with van der Waals surface area (Å²) in [5.41, 5.74) is 1.45. The maximum atomic E-state index is 11.1. The Kier molecular flexibility index (Phi) is 5.23. The minimum Gasteiger partial charge on any atom is -0.469 e. The second-order valence-electron chi connectivity index (χ2n) is 3.94. The molecule has 0 amide bonds. The Hall–Kier alpha value is -1.30. The number of benzene rings is 1. The minimum atomic E-state index is -0.248. The summed E-state index contributed by atoms with van der Waals surface area (Å²) in [7, 11) is 1.37. The Bertz CT molecular complexity index is 596. The largest absolute Gasteiger partial charge is 0.469 e. The SMILES string of the molecule is COC(=O)CCc1csc(Nc2c(Cl)cccc2Cl)n1. The summed E-state index contributed by atoms with van der Waals surface area (Å²) in [6.45, 7) is 0. The van der Waals surface area contributed by atoms with Crippen LogP contribution in [0.25, 0.3) is 0 Å². The lowest BCUT2D eigenvalue weighted by atomic mass is 10.2. The van der Waals surface area contributed by atoms with Crippen molar-refractivity contribution < 1.29 is 9.53 Å². The number of aromatic nitrogens is 1. The van der Waals surface area contributed by atoms with Gasteiger partial charge in [-0.05, 0) is 12.1 Å². The van der Waals surface area contributed by atoms with Crippen LogP contribution in [0.4, 0.5) is 10.8 Å². The van der Waals surface area contributed by atoms with Crippen LogP contribution in [-0.4, -0.2) is 18.1 Å². The van der Waals surface area contributed by atoms with Gasteiger partial charge in [-0.15, -0.1) is 11.3 Å². The molecule has 0 spiro atoms. The number of anilines is 2. The molecule has 1 N–H and O–H groups in total. The second kappa shape index (κ2) is 6.92. The van der Waals surface area contributed by atoms with Crippen LogP contribution in [0.15, 0.2) is 23.6 Å². The Morgan fingerprint density at radius 1 is 1.40 bits per heavy atom. The van der Waals surface area contributed by atoms with Gasteiger partial charge in [-0.3, -0.25) is 4.79 Å². The maximum Gasteiger partial charge on any atom is 0.305 e. The van der Waals surface area contributed by atoms with Crippen LogP contribution in [0.3, 0.4) is 0 Å². The first kappa shape index (κ1) is 15.1. The summed E-state index contributed by atoms with van der Waals surface area (Å²) < 4.78 is 4.59. The molecule has 20 heavy (non-hydrogen) atoms. The molecular weight excluding hydrogens is 319 g/mol. The average molecular weight is 331 g/mol. The standard InChI is InChI=1S/C13H12Cl2N2O2S/c1-19-11(18)6-5-8-7-20-13(16-8)17-12-9(14)3-2-4-10(12)15/h2-4,7H,5-6H2,1H3,(H,16,17). The number of para-hydroxylation sites is 1. The molecule has 0 aliphatic heterocycles.